The molecule has 1 aliphatic rings. The number of aliphatic hydroxyl groups is 1. The Labute approximate surface area is 137 Å². The Morgan fingerprint density at radius 1 is 1.09 bits per heavy atom. The van der Waals surface area contributed by atoms with E-state index in [1.807, 2.05) is 0 Å². The third kappa shape index (κ3) is 5.76. The molecule has 0 aromatic carbocycles. The molecule has 0 saturated heterocycles. The van der Waals surface area contributed by atoms with Crippen molar-refractivity contribution in [3.63, 3.8) is 0 Å². The zero-order valence-corrected chi connectivity index (χ0v) is 14.7. The number of unbranched alkanes of at least 4 members (excludes halogenated alkanes) is 5. The van der Waals surface area contributed by atoms with Crippen LogP contribution in [-0.4, -0.2) is 10.7 Å². The van der Waals surface area contributed by atoms with E-state index in [2.05, 4.69) is 26.0 Å². The fourth-order valence-electron chi connectivity index (χ4n) is 3.63. The summed E-state index contributed by atoms with van der Waals surface area (Å²) in [5.41, 5.74) is -0.188. The van der Waals surface area contributed by atoms with Gasteiger partial charge in [0.15, 0.2) is 5.60 Å². The average Bonchev–Trinajstić information content (AvgIpc) is 2.57. The SMILES string of the molecule is CCCCC/C=C(\CCCCC)C(O)(C#N)C1CCCCC1. The smallest absolute Gasteiger partial charge is 0.175 e. The van der Waals surface area contributed by atoms with Gasteiger partial charge in [-0.05, 0) is 44.1 Å². The first-order valence-corrected chi connectivity index (χ1v) is 9.52. The maximum Gasteiger partial charge on any atom is 0.175 e. The van der Waals surface area contributed by atoms with Crippen LogP contribution in [0, 0.1) is 17.2 Å². The van der Waals surface area contributed by atoms with E-state index in [1.165, 1.54) is 38.5 Å². The van der Waals surface area contributed by atoms with E-state index in [0.717, 1.165) is 50.5 Å². The second kappa shape index (κ2) is 10.8. The molecule has 1 rings (SSSR count). The minimum Gasteiger partial charge on any atom is -0.371 e. The number of rotatable bonds is 10. The molecule has 0 heterocycles. The summed E-state index contributed by atoms with van der Waals surface area (Å²) in [6.45, 7) is 4.40. The predicted octanol–water partition coefficient (Wildman–Crippen LogP) is 5.91. The molecule has 1 unspecified atom stereocenters. The molecular formula is C20H35NO. The molecule has 0 amide bonds. The van der Waals surface area contributed by atoms with Crippen molar-refractivity contribution in [3.05, 3.63) is 11.6 Å². The van der Waals surface area contributed by atoms with Crippen LogP contribution in [0.4, 0.5) is 0 Å². The second-order valence-corrected chi connectivity index (χ2v) is 6.90. The van der Waals surface area contributed by atoms with E-state index >= 15 is 0 Å². The van der Waals surface area contributed by atoms with Gasteiger partial charge < -0.3 is 5.11 Å². The van der Waals surface area contributed by atoms with E-state index < -0.39 is 5.60 Å². The van der Waals surface area contributed by atoms with E-state index in [4.69, 9.17) is 0 Å². The molecule has 0 aromatic heterocycles. The van der Waals surface area contributed by atoms with Crippen molar-refractivity contribution in [1.29, 1.82) is 5.26 Å². The minimum absolute atomic E-state index is 0.144. The van der Waals surface area contributed by atoms with Crippen LogP contribution in [0.1, 0.15) is 97.3 Å². The van der Waals surface area contributed by atoms with E-state index in [-0.39, 0.29) is 5.92 Å². The van der Waals surface area contributed by atoms with Gasteiger partial charge >= 0.3 is 0 Å². The van der Waals surface area contributed by atoms with E-state index in [9.17, 15) is 10.4 Å². The first-order valence-electron chi connectivity index (χ1n) is 9.52. The zero-order valence-electron chi connectivity index (χ0n) is 14.7. The molecule has 126 valence electrons. The van der Waals surface area contributed by atoms with Gasteiger partial charge in [0.25, 0.3) is 0 Å². The van der Waals surface area contributed by atoms with Crippen LogP contribution >= 0.6 is 0 Å². The van der Waals surface area contributed by atoms with Crippen molar-refractivity contribution in [2.45, 2.75) is 103 Å². The first-order chi connectivity index (χ1) is 10.7. The molecule has 2 nitrogen and oxygen atoms in total. The molecule has 0 radical (unpaired) electrons. The van der Waals surface area contributed by atoms with Crippen molar-refractivity contribution < 1.29 is 5.11 Å². The van der Waals surface area contributed by atoms with Crippen LogP contribution in [0.2, 0.25) is 0 Å². The van der Waals surface area contributed by atoms with Gasteiger partial charge in [-0.1, -0.05) is 64.9 Å². The lowest BCUT2D eigenvalue weighted by atomic mass is 9.72. The van der Waals surface area contributed by atoms with Crippen LogP contribution < -0.4 is 0 Å². The Morgan fingerprint density at radius 2 is 1.73 bits per heavy atom. The van der Waals surface area contributed by atoms with Gasteiger partial charge in [0.1, 0.15) is 6.07 Å². The summed E-state index contributed by atoms with van der Waals surface area (Å²) < 4.78 is 0. The third-order valence-electron chi connectivity index (χ3n) is 5.10. The molecule has 0 aliphatic heterocycles. The summed E-state index contributed by atoms with van der Waals surface area (Å²) in [6.07, 6.45) is 16.7. The number of hydrogen-bond acceptors (Lipinski definition) is 2. The highest BCUT2D eigenvalue weighted by atomic mass is 16.3. The molecule has 1 N–H and O–H groups in total. The summed E-state index contributed by atoms with van der Waals surface area (Å²) in [6, 6.07) is 2.30. The Balaban J connectivity index is 2.80. The summed E-state index contributed by atoms with van der Waals surface area (Å²) in [4.78, 5) is 0. The van der Waals surface area contributed by atoms with Crippen LogP contribution in [-0.2, 0) is 0 Å². The Bertz CT molecular complexity index is 362. The number of nitriles is 1. The maximum absolute atomic E-state index is 11.1. The van der Waals surface area contributed by atoms with Crippen LogP contribution in [0.15, 0.2) is 11.6 Å². The monoisotopic (exact) mass is 305 g/mol. The molecule has 0 spiro atoms. The number of hydrogen-bond donors (Lipinski definition) is 1. The van der Waals surface area contributed by atoms with Gasteiger partial charge in [0, 0.05) is 5.92 Å². The Kier molecular flexibility index (Phi) is 9.48. The Hall–Kier alpha value is -0.810. The van der Waals surface area contributed by atoms with Crippen LogP contribution in [0.5, 0.6) is 0 Å². The highest BCUT2D eigenvalue weighted by Gasteiger charge is 2.40. The molecule has 1 saturated carbocycles. The van der Waals surface area contributed by atoms with Gasteiger partial charge in [-0.15, -0.1) is 0 Å². The highest BCUT2D eigenvalue weighted by molar-refractivity contribution is 5.28. The van der Waals surface area contributed by atoms with Gasteiger partial charge in [-0.2, -0.15) is 5.26 Å². The molecule has 2 heteroatoms. The van der Waals surface area contributed by atoms with Crippen molar-refractivity contribution >= 4 is 0 Å². The summed E-state index contributed by atoms with van der Waals surface area (Å²) >= 11 is 0. The molecule has 0 bridgehead atoms. The van der Waals surface area contributed by atoms with Crippen molar-refractivity contribution in [1.82, 2.24) is 0 Å². The fourth-order valence-corrected chi connectivity index (χ4v) is 3.63. The normalized spacial score (nSPS) is 19.6. The summed E-state index contributed by atoms with van der Waals surface area (Å²) in [5.74, 6) is 0.144. The van der Waals surface area contributed by atoms with Crippen molar-refractivity contribution in [3.8, 4) is 6.07 Å². The molecule has 1 atom stereocenters. The van der Waals surface area contributed by atoms with Gasteiger partial charge in [0.2, 0.25) is 0 Å². The molecule has 0 aromatic rings. The average molecular weight is 306 g/mol. The largest absolute Gasteiger partial charge is 0.371 e. The quantitative estimate of drug-likeness (QED) is 0.310. The van der Waals surface area contributed by atoms with Crippen molar-refractivity contribution in [2.24, 2.45) is 5.92 Å². The van der Waals surface area contributed by atoms with E-state index in [1.54, 1.807) is 0 Å². The fraction of sp³-hybridized carbons (Fsp3) is 0.850. The topological polar surface area (TPSA) is 44.0 Å². The van der Waals surface area contributed by atoms with Crippen LogP contribution in [0.3, 0.4) is 0 Å². The van der Waals surface area contributed by atoms with Gasteiger partial charge in [-0.3, -0.25) is 0 Å². The first kappa shape index (κ1) is 19.2. The van der Waals surface area contributed by atoms with Crippen molar-refractivity contribution in [2.75, 3.05) is 0 Å². The maximum atomic E-state index is 11.1. The third-order valence-corrected chi connectivity index (χ3v) is 5.10. The zero-order chi connectivity index (χ0) is 16.3. The van der Waals surface area contributed by atoms with Gasteiger partial charge in [0.05, 0.1) is 0 Å². The van der Waals surface area contributed by atoms with Gasteiger partial charge in [-0.25, -0.2) is 0 Å². The van der Waals surface area contributed by atoms with Crippen LogP contribution in [0.25, 0.3) is 0 Å². The second-order valence-electron chi connectivity index (χ2n) is 6.90. The molecule has 1 fully saturated rings. The van der Waals surface area contributed by atoms with E-state index in [0.29, 0.717) is 0 Å². The molecular weight excluding hydrogens is 270 g/mol. The number of allylic oxidation sites excluding steroid dienone is 1. The predicted molar refractivity (Wildman–Crippen MR) is 93.5 cm³/mol. The number of nitrogens with zero attached hydrogens (tertiary/aromatic N) is 1. The molecule has 1 aliphatic carbocycles. The lowest BCUT2D eigenvalue weighted by molar-refractivity contribution is 0.0469. The molecule has 22 heavy (non-hydrogen) atoms. The Morgan fingerprint density at radius 3 is 2.32 bits per heavy atom. The lowest BCUT2D eigenvalue weighted by Crippen LogP contribution is -2.39. The standard InChI is InChI=1S/C20H35NO/c1-3-5-7-10-14-18(13-9-6-4-2)20(22,17-21)19-15-11-8-12-16-19/h14,19,22H,3-13,15-16H2,1-2H3/b18-14+. The summed E-state index contributed by atoms with van der Waals surface area (Å²) in [5, 5.41) is 20.9. The lowest BCUT2D eigenvalue weighted by Gasteiger charge is -2.35. The minimum atomic E-state index is -1.21. The highest BCUT2D eigenvalue weighted by Crippen LogP contribution is 2.38. The summed E-state index contributed by atoms with van der Waals surface area (Å²) in [7, 11) is 0.